The molecule has 15 heteroatoms. The molecule has 0 atom stereocenters. The average molecular weight is 570 g/mol. The molecule has 0 unspecified atom stereocenters. The molecule has 0 bridgehead atoms. The molecule has 0 radical (unpaired) electrons. The number of rotatable bonds is 13. The number of benzene rings is 2. The van der Waals surface area contributed by atoms with Gasteiger partial charge >= 0.3 is 16.4 Å². The number of methoxy groups -OCH3 is 1. The van der Waals surface area contributed by atoms with Gasteiger partial charge in [0.15, 0.2) is 5.78 Å². The second-order valence-corrected chi connectivity index (χ2v) is 9.59. The molecule has 204 valence electrons. The third-order valence-electron chi connectivity index (χ3n) is 5.31. The monoisotopic (exact) mass is 569 g/mol. The Morgan fingerprint density at radius 3 is 2.47 bits per heavy atom. The Hall–Kier alpha value is -3.88. The molecule has 0 fully saturated rings. The highest BCUT2D eigenvalue weighted by atomic mass is 35.5. The molecule has 1 heterocycles. The second kappa shape index (κ2) is 12.6. The van der Waals surface area contributed by atoms with Gasteiger partial charge in [0.2, 0.25) is 0 Å². The van der Waals surface area contributed by atoms with Gasteiger partial charge in [-0.3, -0.25) is 8.98 Å². The first-order valence-electron chi connectivity index (χ1n) is 11.1. The van der Waals surface area contributed by atoms with Gasteiger partial charge in [-0.2, -0.15) is 13.1 Å². The summed E-state index contributed by atoms with van der Waals surface area (Å²) in [5.74, 6) is 0.0538. The van der Waals surface area contributed by atoms with Crippen LogP contribution in [0.4, 0.5) is 4.79 Å². The highest BCUT2D eigenvalue weighted by Gasteiger charge is 2.23. The molecule has 2 N–H and O–H groups in total. The van der Waals surface area contributed by atoms with E-state index in [9.17, 15) is 28.1 Å². The Labute approximate surface area is 222 Å². The van der Waals surface area contributed by atoms with E-state index >= 15 is 0 Å². The number of H-pyrrole nitrogens is 1. The third kappa shape index (κ3) is 7.34. The summed E-state index contributed by atoms with van der Waals surface area (Å²) in [4.78, 5) is 42.8. The molecule has 2 aromatic carbocycles. The number of hydrogen-bond donors (Lipinski definition) is 2. The Morgan fingerprint density at radius 2 is 1.82 bits per heavy atom. The Kier molecular flexibility index (Phi) is 9.50. The van der Waals surface area contributed by atoms with Gasteiger partial charge in [-0.05, 0) is 55.3 Å². The van der Waals surface area contributed by atoms with Crippen LogP contribution in [-0.2, 0) is 30.5 Å². The maximum Gasteiger partial charge on any atom is 0.422 e. The van der Waals surface area contributed by atoms with Crippen LogP contribution >= 0.6 is 11.6 Å². The summed E-state index contributed by atoms with van der Waals surface area (Å²) in [7, 11) is -3.05. The second-order valence-electron chi connectivity index (χ2n) is 7.80. The molecule has 13 nitrogen and oxygen atoms in total. The number of amides is 1. The Bertz CT molecular complexity index is 1440. The molecule has 1 amide bonds. The summed E-state index contributed by atoms with van der Waals surface area (Å²) < 4.78 is 40.2. The van der Waals surface area contributed by atoms with Crippen molar-refractivity contribution in [1.29, 1.82) is 0 Å². The van der Waals surface area contributed by atoms with Crippen molar-refractivity contribution >= 4 is 44.7 Å². The lowest BCUT2D eigenvalue weighted by atomic mass is 9.95. The van der Waals surface area contributed by atoms with E-state index in [1.165, 1.54) is 7.11 Å². The molecule has 0 aliphatic rings. The SMILES string of the molecule is COc1ccc2[nH]c(C)c(CCOC(=O)NS(=O)(=O)OCCCO[N+](=O)[O-])c2c1C(=O)c1ccc(Cl)cc1. The smallest absolute Gasteiger partial charge is 0.422 e. The molecule has 0 aliphatic carbocycles. The summed E-state index contributed by atoms with van der Waals surface area (Å²) in [5.41, 5.74) is 2.77. The van der Waals surface area contributed by atoms with E-state index in [-0.39, 0.29) is 31.8 Å². The van der Waals surface area contributed by atoms with Gasteiger partial charge < -0.3 is 19.3 Å². The largest absolute Gasteiger partial charge is 0.496 e. The number of aryl methyl sites for hydroxylation is 1. The average Bonchev–Trinajstić information content (AvgIpc) is 3.17. The van der Waals surface area contributed by atoms with E-state index in [1.54, 1.807) is 48.0 Å². The number of carbonyl (C=O) groups is 2. The maximum absolute atomic E-state index is 13.5. The number of hydrogen-bond acceptors (Lipinski definition) is 10. The highest BCUT2D eigenvalue weighted by Crippen LogP contribution is 2.34. The molecule has 38 heavy (non-hydrogen) atoms. The standard InChI is InChI=1S/C23H24ClN3O10S/c1-14-17(10-13-35-23(29)26-38(32,33)37-12-3-11-36-27(30)31)20-18(25-14)8-9-19(34-2)21(20)22(28)15-4-6-16(24)7-5-15/h4-9,25H,3,10-13H2,1-2H3,(H,26,29). The molecular weight excluding hydrogens is 546 g/mol. The van der Waals surface area contributed by atoms with Crippen molar-refractivity contribution in [3.8, 4) is 5.75 Å². The van der Waals surface area contributed by atoms with Crippen molar-refractivity contribution in [2.45, 2.75) is 19.8 Å². The van der Waals surface area contributed by atoms with Gasteiger partial charge in [0.1, 0.15) is 5.75 Å². The third-order valence-corrected chi connectivity index (χ3v) is 6.46. The van der Waals surface area contributed by atoms with Crippen LogP contribution in [0.5, 0.6) is 5.75 Å². The number of aromatic amines is 1. The number of ketones is 1. The number of aromatic nitrogens is 1. The van der Waals surface area contributed by atoms with Crippen molar-refractivity contribution < 1.29 is 41.6 Å². The number of nitrogens with one attached hydrogen (secondary N) is 2. The zero-order chi connectivity index (χ0) is 27.9. The first kappa shape index (κ1) is 28.7. The fraction of sp³-hybridized carbons (Fsp3) is 0.304. The predicted molar refractivity (Wildman–Crippen MR) is 135 cm³/mol. The van der Waals surface area contributed by atoms with E-state index in [0.717, 1.165) is 5.69 Å². The fourth-order valence-corrected chi connectivity index (χ4v) is 4.48. The first-order valence-corrected chi connectivity index (χ1v) is 12.9. The normalized spacial score (nSPS) is 11.2. The van der Waals surface area contributed by atoms with Crippen LogP contribution in [0.3, 0.4) is 0 Å². The van der Waals surface area contributed by atoms with E-state index in [1.807, 2.05) is 0 Å². The molecule has 0 aliphatic heterocycles. The molecule has 1 aromatic heterocycles. The van der Waals surface area contributed by atoms with Crippen LogP contribution in [0.25, 0.3) is 10.9 Å². The van der Waals surface area contributed by atoms with Crippen molar-refractivity contribution in [2.24, 2.45) is 0 Å². The summed E-state index contributed by atoms with van der Waals surface area (Å²) in [6.45, 7) is 0.748. The van der Waals surface area contributed by atoms with Crippen LogP contribution < -0.4 is 9.46 Å². The zero-order valence-electron chi connectivity index (χ0n) is 20.3. The lowest BCUT2D eigenvalue weighted by molar-refractivity contribution is -0.757. The van der Waals surface area contributed by atoms with Crippen LogP contribution in [0.1, 0.15) is 33.6 Å². The molecule has 3 rings (SSSR count). The summed E-state index contributed by atoms with van der Waals surface area (Å²) in [6.07, 6.45) is -1.23. The fourth-order valence-electron chi connectivity index (χ4n) is 3.69. The molecular formula is C23H24ClN3O10S. The van der Waals surface area contributed by atoms with E-state index in [0.29, 0.717) is 38.4 Å². The van der Waals surface area contributed by atoms with Gasteiger partial charge in [0.25, 0.3) is 5.09 Å². The van der Waals surface area contributed by atoms with Gasteiger partial charge in [0.05, 0.1) is 32.5 Å². The minimum atomic E-state index is -4.50. The number of halogens is 1. The van der Waals surface area contributed by atoms with Gasteiger partial charge in [-0.1, -0.05) is 11.6 Å². The molecule has 0 spiro atoms. The molecule has 3 aromatic rings. The van der Waals surface area contributed by atoms with Crippen molar-refractivity contribution in [3.05, 3.63) is 73.9 Å². The summed E-state index contributed by atoms with van der Waals surface area (Å²) in [5, 5.41) is 10.1. The highest BCUT2D eigenvalue weighted by molar-refractivity contribution is 7.85. The minimum absolute atomic E-state index is 0.0999. The summed E-state index contributed by atoms with van der Waals surface area (Å²) >= 11 is 5.96. The number of ether oxygens (including phenoxy) is 2. The van der Waals surface area contributed by atoms with Crippen LogP contribution in [0.15, 0.2) is 36.4 Å². The van der Waals surface area contributed by atoms with Gasteiger partial charge in [-0.15, -0.1) is 10.1 Å². The van der Waals surface area contributed by atoms with Crippen LogP contribution in [0.2, 0.25) is 5.02 Å². The Balaban J connectivity index is 1.71. The van der Waals surface area contributed by atoms with E-state index in [2.05, 4.69) is 14.0 Å². The van der Waals surface area contributed by atoms with Crippen LogP contribution in [-0.4, -0.2) is 57.3 Å². The maximum atomic E-state index is 13.5. The zero-order valence-corrected chi connectivity index (χ0v) is 21.9. The Morgan fingerprint density at radius 1 is 1.11 bits per heavy atom. The van der Waals surface area contributed by atoms with Crippen molar-refractivity contribution in [2.75, 3.05) is 26.9 Å². The van der Waals surface area contributed by atoms with Gasteiger partial charge in [0, 0.05) is 33.6 Å². The topological polar surface area (TPSA) is 176 Å². The summed E-state index contributed by atoms with van der Waals surface area (Å²) in [6, 6.07) is 9.85. The molecule has 0 saturated carbocycles. The molecule has 0 saturated heterocycles. The predicted octanol–water partition coefficient (Wildman–Crippen LogP) is 3.50. The number of carbonyl (C=O) groups excluding carboxylic acids is 2. The minimum Gasteiger partial charge on any atom is -0.496 e. The lowest BCUT2D eigenvalue weighted by Crippen LogP contribution is -2.33. The van der Waals surface area contributed by atoms with E-state index < -0.39 is 28.1 Å². The van der Waals surface area contributed by atoms with Gasteiger partial charge in [-0.25, -0.2) is 4.79 Å². The van der Waals surface area contributed by atoms with Crippen molar-refractivity contribution in [1.82, 2.24) is 9.71 Å². The van der Waals surface area contributed by atoms with Crippen molar-refractivity contribution in [3.63, 3.8) is 0 Å². The van der Waals surface area contributed by atoms with E-state index in [4.69, 9.17) is 21.1 Å². The lowest BCUT2D eigenvalue weighted by Gasteiger charge is -2.12. The number of nitrogens with zero attached hydrogens (tertiary/aromatic N) is 1. The quantitative estimate of drug-likeness (QED) is 0.134. The number of fused-ring (bicyclic) bond motifs is 1. The van der Waals surface area contributed by atoms with Crippen LogP contribution in [0, 0.1) is 17.0 Å². The first-order chi connectivity index (χ1) is 18.0.